The van der Waals surface area contributed by atoms with Crippen LogP contribution in [-0.2, 0) is 4.74 Å². The summed E-state index contributed by atoms with van der Waals surface area (Å²) >= 11 is 0. The van der Waals surface area contributed by atoms with Crippen LogP contribution in [0.4, 0.5) is 5.82 Å². The summed E-state index contributed by atoms with van der Waals surface area (Å²) in [6.07, 6.45) is 5.01. The molecule has 0 unspecified atom stereocenters. The first-order valence-electron chi connectivity index (χ1n) is 5.01. The number of ether oxygens (including phenoxy) is 1. The third-order valence-electron chi connectivity index (χ3n) is 1.80. The Morgan fingerprint density at radius 2 is 2.20 bits per heavy atom. The SMILES string of the molecule is CN(C)CCOCCNc1cnccn1. The number of anilines is 1. The van der Waals surface area contributed by atoms with Gasteiger partial charge in [0.1, 0.15) is 5.82 Å². The summed E-state index contributed by atoms with van der Waals surface area (Å²) in [5, 5.41) is 3.12. The summed E-state index contributed by atoms with van der Waals surface area (Å²) in [5.41, 5.74) is 0. The van der Waals surface area contributed by atoms with Gasteiger partial charge in [0.05, 0.1) is 19.4 Å². The van der Waals surface area contributed by atoms with Crippen molar-refractivity contribution in [3.63, 3.8) is 0 Å². The normalized spacial score (nSPS) is 10.6. The highest BCUT2D eigenvalue weighted by Gasteiger charge is 1.93. The van der Waals surface area contributed by atoms with Crippen LogP contribution in [-0.4, -0.2) is 55.3 Å². The third-order valence-corrected chi connectivity index (χ3v) is 1.80. The molecular weight excluding hydrogens is 192 g/mol. The van der Waals surface area contributed by atoms with E-state index in [4.69, 9.17) is 4.74 Å². The number of aromatic nitrogens is 2. The van der Waals surface area contributed by atoms with Crippen LogP contribution >= 0.6 is 0 Å². The zero-order valence-corrected chi connectivity index (χ0v) is 9.31. The van der Waals surface area contributed by atoms with Gasteiger partial charge in [0.2, 0.25) is 0 Å². The van der Waals surface area contributed by atoms with Crippen LogP contribution in [0.3, 0.4) is 0 Å². The highest BCUT2D eigenvalue weighted by atomic mass is 16.5. The van der Waals surface area contributed by atoms with Crippen LogP contribution in [0.2, 0.25) is 0 Å². The van der Waals surface area contributed by atoms with Crippen molar-refractivity contribution >= 4 is 5.82 Å². The van der Waals surface area contributed by atoms with Crippen molar-refractivity contribution in [3.05, 3.63) is 18.6 Å². The minimum atomic E-state index is 0.685. The molecular formula is C10H18N4O. The van der Waals surface area contributed by atoms with Gasteiger partial charge < -0.3 is 15.0 Å². The molecule has 0 fully saturated rings. The second-order valence-corrected chi connectivity index (χ2v) is 3.43. The highest BCUT2D eigenvalue weighted by Crippen LogP contribution is 1.95. The van der Waals surface area contributed by atoms with E-state index in [0.29, 0.717) is 6.61 Å². The molecule has 15 heavy (non-hydrogen) atoms. The predicted octanol–water partition coefficient (Wildman–Crippen LogP) is 0.467. The van der Waals surface area contributed by atoms with E-state index in [0.717, 1.165) is 25.5 Å². The summed E-state index contributed by atoms with van der Waals surface area (Å²) in [7, 11) is 4.06. The Hall–Kier alpha value is -1.20. The van der Waals surface area contributed by atoms with Crippen molar-refractivity contribution in [2.75, 3.05) is 45.7 Å². The van der Waals surface area contributed by atoms with E-state index in [9.17, 15) is 0 Å². The average molecular weight is 210 g/mol. The van der Waals surface area contributed by atoms with E-state index < -0.39 is 0 Å². The number of hydrogen-bond acceptors (Lipinski definition) is 5. The molecule has 84 valence electrons. The molecule has 5 nitrogen and oxygen atoms in total. The molecule has 0 radical (unpaired) electrons. The van der Waals surface area contributed by atoms with E-state index in [2.05, 4.69) is 20.2 Å². The van der Waals surface area contributed by atoms with Gasteiger partial charge in [-0.2, -0.15) is 0 Å². The first-order chi connectivity index (χ1) is 7.29. The quantitative estimate of drug-likeness (QED) is 0.663. The Balaban J connectivity index is 1.98. The maximum Gasteiger partial charge on any atom is 0.144 e. The van der Waals surface area contributed by atoms with Gasteiger partial charge in [-0.1, -0.05) is 0 Å². The molecule has 0 saturated carbocycles. The molecule has 1 rings (SSSR count). The maximum absolute atomic E-state index is 5.41. The Bertz CT molecular complexity index is 253. The molecule has 0 bridgehead atoms. The summed E-state index contributed by atoms with van der Waals surface area (Å²) in [6.45, 7) is 3.15. The van der Waals surface area contributed by atoms with Crippen LogP contribution in [0.5, 0.6) is 0 Å². The smallest absolute Gasteiger partial charge is 0.144 e. The van der Waals surface area contributed by atoms with Crippen molar-refractivity contribution in [2.24, 2.45) is 0 Å². The molecule has 0 spiro atoms. The van der Waals surface area contributed by atoms with E-state index in [1.165, 1.54) is 0 Å². The molecule has 0 aliphatic heterocycles. The van der Waals surface area contributed by atoms with Crippen molar-refractivity contribution < 1.29 is 4.74 Å². The van der Waals surface area contributed by atoms with Crippen molar-refractivity contribution in [1.29, 1.82) is 0 Å². The molecule has 0 aliphatic rings. The van der Waals surface area contributed by atoms with Crippen LogP contribution in [0.1, 0.15) is 0 Å². The fraction of sp³-hybridized carbons (Fsp3) is 0.600. The van der Waals surface area contributed by atoms with Crippen LogP contribution in [0.15, 0.2) is 18.6 Å². The van der Waals surface area contributed by atoms with Crippen LogP contribution in [0.25, 0.3) is 0 Å². The molecule has 1 N–H and O–H groups in total. The molecule has 1 heterocycles. The summed E-state index contributed by atoms with van der Waals surface area (Å²) in [6, 6.07) is 0. The maximum atomic E-state index is 5.41. The van der Waals surface area contributed by atoms with Gasteiger partial charge in [-0.15, -0.1) is 0 Å². The number of likely N-dealkylation sites (N-methyl/N-ethyl adjacent to an activating group) is 1. The molecule has 0 saturated heterocycles. The van der Waals surface area contributed by atoms with Crippen molar-refractivity contribution in [2.45, 2.75) is 0 Å². The fourth-order valence-corrected chi connectivity index (χ4v) is 0.991. The van der Waals surface area contributed by atoms with E-state index in [1.807, 2.05) is 14.1 Å². The van der Waals surface area contributed by atoms with Gasteiger partial charge >= 0.3 is 0 Å². The van der Waals surface area contributed by atoms with Crippen molar-refractivity contribution in [1.82, 2.24) is 14.9 Å². The molecule has 0 amide bonds. The predicted molar refractivity (Wildman–Crippen MR) is 59.9 cm³/mol. The second-order valence-electron chi connectivity index (χ2n) is 3.43. The van der Waals surface area contributed by atoms with E-state index in [-0.39, 0.29) is 0 Å². The minimum absolute atomic E-state index is 0.685. The second kappa shape index (κ2) is 7.14. The van der Waals surface area contributed by atoms with Gasteiger partial charge in [0.25, 0.3) is 0 Å². The summed E-state index contributed by atoms with van der Waals surface area (Å²) < 4.78 is 5.41. The topological polar surface area (TPSA) is 50.3 Å². The molecule has 5 heteroatoms. The lowest BCUT2D eigenvalue weighted by Crippen LogP contribution is -2.20. The van der Waals surface area contributed by atoms with Gasteiger partial charge in [0, 0.05) is 25.5 Å². The minimum Gasteiger partial charge on any atom is -0.378 e. The highest BCUT2D eigenvalue weighted by molar-refractivity contribution is 5.29. The van der Waals surface area contributed by atoms with Gasteiger partial charge in [-0.3, -0.25) is 4.98 Å². The van der Waals surface area contributed by atoms with Gasteiger partial charge in [0.15, 0.2) is 0 Å². The Labute approximate surface area is 90.5 Å². The Morgan fingerprint density at radius 1 is 1.33 bits per heavy atom. The molecule has 1 aromatic rings. The molecule has 0 aliphatic carbocycles. The van der Waals surface area contributed by atoms with E-state index >= 15 is 0 Å². The largest absolute Gasteiger partial charge is 0.378 e. The van der Waals surface area contributed by atoms with Crippen LogP contribution < -0.4 is 5.32 Å². The van der Waals surface area contributed by atoms with E-state index in [1.54, 1.807) is 18.6 Å². The molecule has 0 aromatic carbocycles. The number of nitrogens with zero attached hydrogens (tertiary/aromatic N) is 3. The lowest BCUT2D eigenvalue weighted by Gasteiger charge is -2.10. The number of nitrogens with one attached hydrogen (secondary N) is 1. The molecule has 1 aromatic heterocycles. The molecule has 0 atom stereocenters. The van der Waals surface area contributed by atoms with Crippen LogP contribution in [0, 0.1) is 0 Å². The van der Waals surface area contributed by atoms with Gasteiger partial charge in [-0.25, -0.2) is 4.98 Å². The summed E-state index contributed by atoms with van der Waals surface area (Å²) in [5.74, 6) is 0.786. The average Bonchev–Trinajstić information content (AvgIpc) is 2.24. The fourth-order valence-electron chi connectivity index (χ4n) is 0.991. The summed E-state index contributed by atoms with van der Waals surface area (Å²) in [4.78, 5) is 10.1. The van der Waals surface area contributed by atoms with Gasteiger partial charge in [-0.05, 0) is 14.1 Å². The van der Waals surface area contributed by atoms with Crippen molar-refractivity contribution in [3.8, 4) is 0 Å². The zero-order chi connectivity index (χ0) is 10.9. The first kappa shape index (κ1) is 11.9. The zero-order valence-electron chi connectivity index (χ0n) is 9.31. The number of hydrogen-bond donors (Lipinski definition) is 1. The monoisotopic (exact) mass is 210 g/mol. The number of rotatable bonds is 7. The Morgan fingerprint density at radius 3 is 2.87 bits per heavy atom. The first-order valence-corrected chi connectivity index (χ1v) is 5.01. The Kier molecular flexibility index (Phi) is 5.65. The lowest BCUT2D eigenvalue weighted by molar-refractivity contribution is 0.126. The lowest BCUT2D eigenvalue weighted by atomic mass is 10.6. The standard InChI is InChI=1S/C10H18N4O/c1-14(2)6-8-15-7-5-13-10-9-11-3-4-12-10/h3-4,9H,5-8H2,1-2H3,(H,12,13). The third kappa shape index (κ3) is 5.98.